The lowest BCUT2D eigenvalue weighted by Gasteiger charge is -2.35. The minimum Gasteiger partial charge on any atom is -0.871 e. The summed E-state index contributed by atoms with van der Waals surface area (Å²) in [5, 5.41) is 24.4. The van der Waals surface area contributed by atoms with Crippen molar-refractivity contribution in [2.75, 3.05) is 11.4 Å². The van der Waals surface area contributed by atoms with Gasteiger partial charge in [-0.2, -0.15) is 4.58 Å². The van der Waals surface area contributed by atoms with Crippen molar-refractivity contribution in [2.45, 2.75) is 206 Å². The Labute approximate surface area is 491 Å². The molecule has 4 aliphatic rings. The summed E-state index contributed by atoms with van der Waals surface area (Å²) in [4.78, 5) is 29.1. The molecule has 0 unspecified atom stereocenters. The highest BCUT2D eigenvalue weighted by atomic mass is 16.4. The molecule has 3 aliphatic carbocycles. The van der Waals surface area contributed by atoms with Crippen molar-refractivity contribution in [3.63, 3.8) is 0 Å². The summed E-state index contributed by atoms with van der Waals surface area (Å²) in [5.74, 6) is -1.49. The van der Waals surface area contributed by atoms with E-state index in [1.165, 1.54) is 147 Å². The summed E-state index contributed by atoms with van der Waals surface area (Å²) in [6.45, 7) is 16.2. The average Bonchev–Trinajstić information content (AvgIpc) is 3.57. The Balaban J connectivity index is 1.10. The number of carboxylic acid groups (broad SMARTS) is 1. The SMILES string of the molecule is CCCCCCC1(CCCCCC)c2ccccc2-c2ccc(N(c3ccc(C4=C([O-])C(=CC5=[N+](CCCC)c6ccc(C(=O)O)cc6C5(C)C)C4=O)cc3)c3ccc4c(c3)C(CCCCCC)(CCCCCC)c3ccccc3-4)cc21. The van der Waals surface area contributed by atoms with Gasteiger partial charge in [0.1, 0.15) is 6.54 Å². The molecule has 1 aliphatic heterocycles. The number of Topliss-reactive ketones (excluding diaryl/α,β-unsaturated/α-hetero) is 1. The van der Waals surface area contributed by atoms with Gasteiger partial charge in [0.25, 0.3) is 0 Å². The van der Waals surface area contributed by atoms with Gasteiger partial charge in [-0.1, -0.05) is 222 Å². The van der Waals surface area contributed by atoms with Crippen LogP contribution in [-0.2, 0) is 21.0 Å². The van der Waals surface area contributed by atoms with Gasteiger partial charge in [0.05, 0.1) is 11.0 Å². The number of aromatic carboxylic acids is 1. The third-order valence-electron chi connectivity index (χ3n) is 19.4. The lowest BCUT2D eigenvalue weighted by Crippen LogP contribution is -2.33. The first-order chi connectivity index (χ1) is 39.9. The maximum Gasteiger partial charge on any atom is 0.335 e. The Kier molecular flexibility index (Phi) is 18.1. The molecule has 428 valence electrons. The Morgan fingerprint density at radius 3 is 1.41 bits per heavy atom. The summed E-state index contributed by atoms with van der Waals surface area (Å²) in [5.41, 5.74) is 17.6. The van der Waals surface area contributed by atoms with Crippen LogP contribution in [0, 0.1) is 0 Å². The highest BCUT2D eigenvalue weighted by Gasteiger charge is 2.47. The first kappa shape index (κ1) is 58.4. The van der Waals surface area contributed by atoms with E-state index in [1.807, 2.05) is 18.2 Å². The van der Waals surface area contributed by atoms with Crippen LogP contribution < -0.4 is 10.0 Å². The number of hydrogen-bond donors (Lipinski definition) is 1. The van der Waals surface area contributed by atoms with Crippen molar-refractivity contribution in [1.82, 2.24) is 0 Å². The number of benzene rings is 6. The molecule has 82 heavy (non-hydrogen) atoms. The standard InChI is InChI=1S/C76H90N2O4/c1-8-13-18-26-44-75(45-27-19-14-9-2)63-32-24-22-30-58(63)60-41-39-56(50-65(60)75)78(57-40-42-61-59-31-23-25-33-64(59)76(66(61)51-57,46-28-20-15-10-3)47-29-21-16-11-4)55-37-34-53(35-38-55)70-71(79)62(72(70)80)52-69-74(6,7)67-49-54(73(81)82)36-43-68(67)77(69)48-17-12-5/h22-25,30-43,49-52H,8-21,26-29,44-48H2,1-7H3,(H-,79,80,81,82). The van der Waals surface area contributed by atoms with Crippen molar-refractivity contribution in [3.8, 4) is 22.3 Å². The molecule has 0 saturated carbocycles. The first-order valence-corrected chi connectivity index (χ1v) is 32.0. The van der Waals surface area contributed by atoms with Crippen molar-refractivity contribution >= 4 is 45.8 Å². The Morgan fingerprint density at radius 1 is 0.512 bits per heavy atom. The number of unbranched alkanes of at least 4 members (excludes halogenated alkanes) is 13. The normalized spacial score (nSPS) is 16.3. The summed E-state index contributed by atoms with van der Waals surface area (Å²) in [7, 11) is 0. The first-order valence-electron chi connectivity index (χ1n) is 32.0. The van der Waals surface area contributed by atoms with Crippen LogP contribution in [0.5, 0.6) is 0 Å². The largest absolute Gasteiger partial charge is 0.871 e. The van der Waals surface area contributed by atoms with Gasteiger partial charge in [-0.15, -0.1) is 0 Å². The van der Waals surface area contributed by atoms with Crippen molar-refractivity contribution in [2.24, 2.45) is 0 Å². The second-order valence-corrected chi connectivity index (χ2v) is 25.0. The van der Waals surface area contributed by atoms with Crippen LogP contribution in [-0.4, -0.2) is 33.7 Å². The van der Waals surface area contributed by atoms with Crippen LogP contribution in [0.4, 0.5) is 22.7 Å². The van der Waals surface area contributed by atoms with E-state index in [4.69, 9.17) is 0 Å². The fraction of sp³-hybridized carbons (Fsp3) is 0.434. The van der Waals surface area contributed by atoms with Gasteiger partial charge in [0.2, 0.25) is 5.69 Å². The molecule has 0 radical (unpaired) electrons. The third-order valence-corrected chi connectivity index (χ3v) is 19.4. The van der Waals surface area contributed by atoms with Crippen molar-refractivity contribution in [3.05, 3.63) is 184 Å². The number of fused-ring (bicyclic) bond motifs is 7. The van der Waals surface area contributed by atoms with Gasteiger partial charge in [0, 0.05) is 63.2 Å². The number of ketones is 1. The van der Waals surface area contributed by atoms with Gasteiger partial charge < -0.3 is 15.1 Å². The van der Waals surface area contributed by atoms with Gasteiger partial charge in [0.15, 0.2) is 11.5 Å². The van der Waals surface area contributed by atoms with Gasteiger partial charge in [-0.05, 0) is 138 Å². The molecule has 0 bridgehead atoms. The smallest absolute Gasteiger partial charge is 0.335 e. The van der Waals surface area contributed by atoms with E-state index in [-0.39, 0.29) is 39.1 Å². The second kappa shape index (κ2) is 25.4. The zero-order valence-corrected chi connectivity index (χ0v) is 50.5. The summed E-state index contributed by atoms with van der Waals surface area (Å²) in [6.07, 6.45) is 27.7. The van der Waals surface area contributed by atoms with E-state index >= 15 is 0 Å². The maximum absolute atomic E-state index is 14.5. The summed E-state index contributed by atoms with van der Waals surface area (Å²) in [6, 6.07) is 46.6. The van der Waals surface area contributed by atoms with Crippen molar-refractivity contribution in [1.29, 1.82) is 0 Å². The van der Waals surface area contributed by atoms with E-state index in [0.717, 1.165) is 72.5 Å². The van der Waals surface area contributed by atoms with Crippen molar-refractivity contribution < 1.29 is 24.4 Å². The molecular formula is C76H90N2O4. The number of carbonyl (C=O) groups excluding carboxylic acids is 1. The van der Waals surface area contributed by atoms with Crippen LogP contribution in [0.2, 0.25) is 0 Å². The number of nitrogens with zero attached hydrogens (tertiary/aromatic N) is 2. The van der Waals surface area contributed by atoms with Crippen LogP contribution in [0.15, 0.2) is 145 Å². The molecular weight excluding hydrogens is 1000 g/mol. The number of rotatable bonds is 29. The van der Waals surface area contributed by atoms with E-state index in [2.05, 4.69) is 155 Å². The lowest BCUT2D eigenvalue weighted by molar-refractivity contribution is -0.438. The van der Waals surface area contributed by atoms with E-state index in [1.54, 1.807) is 18.2 Å². The quantitative estimate of drug-likeness (QED) is 0.0287. The molecule has 0 atom stereocenters. The molecule has 6 aromatic rings. The fourth-order valence-corrected chi connectivity index (χ4v) is 14.9. The predicted molar refractivity (Wildman–Crippen MR) is 340 cm³/mol. The second-order valence-electron chi connectivity index (χ2n) is 25.0. The van der Waals surface area contributed by atoms with Gasteiger partial charge >= 0.3 is 5.97 Å². The van der Waals surface area contributed by atoms with Gasteiger partial charge in [-0.3, -0.25) is 4.79 Å². The molecule has 0 spiro atoms. The molecule has 0 amide bonds. The zero-order chi connectivity index (χ0) is 57.6. The highest BCUT2D eigenvalue weighted by Crippen LogP contribution is 2.58. The number of anilines is 3. The maximum atomic E-state index is 14.5. The highest BCUT2D eigenvalue weighted by molar-refractivity contribution is 6.40. The monoisotopic (exact) mass is 1090 g/mol. The number of carboxylic acids is 1. The van der Waals surface area contributed by atoms with E-state index in [9.17, 15) is 19.8 Å². The molecule has 6 heteroatoms. The molecule has 10 rings (SSSR count). The fourth-order valence-electron chi connectivity index (χ4n) is 14.9. The minimum atomic E-state index is -0.980. The molecule has 0 aromatic heterocycles. The predicted octanol–water partition coefficient (Wildman–Crippen LogP) is 19.7. The Morgan fingerprint density at radius 2 is 0.963 bits per heavy atom. The minimum absolute atomic E-state index is 0.0965. The van der Waals surface area contributed by atoms with E-state index in [0.29, 0.717) is 12.1 Å². The molecule has 6 aromatic carbocycles. The summed E-state index contributed by atoms with van der Waals surface area (Å²) < 4.78 is 2.18. The van der Waals surface area contributed by atoms with E-state index < -0.39 is 11.4 Å². The zero-order valence-electron chi connectivity index (χ0n) is 50.5. The Bertz CT molecular complexity index is 3250. The number of carbonyl (C=O) groups is 2. The molecule has 1 N–H and O–H groups in total. The lowest BCUT2D eigenvalue weighted by atomic mass is 9.70. The molecule has 1 heterocycles. The van der Waals surface area contributed by atoms with Crippen LogP contribution >= 0.6 is 0 Å². The number of allylic oxidation sites excluding steroid dienone is 3. The summed E-state index contributed by atoms with van der Waals surface area (Å²) >= 11 is 0. The van der Waals surface area contributed by atoms with Gasteiger partial charge in [-0.25, -0.2) is 4.79 Å². The Hall–Kier alpha value is -6.79. The topological polar surface area (TPSA) is 83.7 Å². The average molecular weight is 1100 g/mol. The van der Waals surface area contributed by atoms with Crippen LogP contribution in [0.25, 0.3) is 27.8 Å². The van der Waals surface area contributed by atoms with Crippen LogP contribution in [0.3, 0.4) is 0 Å². The number of hydrogen-bond acceptors (Lipinski definition) is 4. The molecule has 6 nitrogen and oxygen atoms in total. The van der Waals surface area contributed by atoms with Crippen LogP contribution in [0.1, 0.15) is 233 Å². The third kappa shape index (κ3) is 10.8. The molecule has 0 saturated heterocycles. The molecule has 0 fully saturated rings.